The minimum Gasteiger partial charge on any atom is -0.270 e. The maximum absolute atomic E-state index is 10.7. The maximum Gasteiger partial charge on any atom is 0.105 e. The summed E-state index contributed by atoms with van der Waals surface area (Å²) in [4.78, 5) is 3.05. The highest BCUT2D eigenvalue weighted by molar-refractivity contribution is 5.25. The first kappa shape index (κ1) is 4.34. The molecule has 0 N–H and O–H groups in total. The smallest absolute Gasteiger partial charge is 0.105 e. The largest absolute Gasteiger partial charge is 0.270 e. The summed E-state index contributed by atoms with van der Waals surface area (Å²) < 4.78 is 10.7. The normalized spacial score (nSPS) is 9.00. The summed E-state index contributed by atoms with van der Waals surface area (Å²) in [7, 11) is 0. The third kappa shape index (κ3) is 3.34. The average molecular weight is 73.1 g/mol. The molecule has 0 amide bonds. The Hall–Kier alpha value is -0.660. The molecule has 0 aromatic heterocycles. The zero-order valence-corrected chi connectivity index (χ0v) is 2.69. The Morgan fingerprint density at radius 1 is 1.80 bits per heavy atom. The molecule has 0 unspecified atom stereocenters. The van der Waals surface area contributed by atoms with Crippen LogP contribution in [-0.4, -0.2) is 6.72 Å². The van der Waals surface area contributed by atoms with E-state index >= 15 is 0 Å². The van der Waals surface area contributed by atoms with Gasteiger partial charge in [-0.05, 0) is 6.72 Å². The lowest BCUT2D eigenvalue weighted by Gasteiger charge is -1.55. The highest BCUT2D eigenvalue weighted by Crippen LogP contribution is 1.67. The standard InChI is InChI=1S/C3H4FN/c1-5-3-2-4/h2-3H,1H2/b3-2+. The molecule has 0 heterocycles. The summed E-state index contributed by atoms with van der Waals surface area (Å²) in [6, 6.07) is 0. The quantitative estimate of drug-likeness (QED) is 0.412. The minimum atomic E-state index is 0.326. The number of rotatable bonds is 1. The fourth-order valence-corrected chi connectivity index (χ4v) is 0.0398. The van der Waals surface area contributed by atoms with E-state index in [-0.39, 0.29) is 0 Å². The van der Waals surface area contributed by atoms with Crippen LogP contribution in [0.3, 0.4) is 0 Å². The molecule has 1 nitrogen and oxygen atoms in total. The zero-order valence-electron chi connectivity index (χ0n) is 2.69. The van der Waals surface area contributed by atoms with E-state index < -0.39 is 0 Å². The second kappa shape index (κ2) is 3.34. The second-order valence-electron chi connectivity index (χ2n) is 0.458. The molecule has 0 aliphatic carbocycles. The fourth-order valence-electron chi connectivity index (χ4n) is 0.0398. The van der Waals surface area contributed by atoms with Crippen LogP contribution in [0.15, 0.2) is 17.5 Å². The van der Waals surface area contributed by atoms with Crippen molar-refractivity contribution in [1.82, 2.24) is 0 Å². The number of halogens is 1. The molecule has 0 radical (unpaired) electrons. The molecule has 0 rings (SSSR count). The molecule has 0 spiro atoms. The van der Waals surface area contributed by atoms with Crippen LogP contribution in [0.1, 0.15) is 0 Å². The van der Waals surface area contributed by atoms with Crippen molar-refractivity contribution in [1.29, 1.82) is 0 Å². The van der Waals surface area contributed by atoms with Crippen LogP contribution < -0.4 is 0 Å². The number of aliphatic imine (C=N–C) groups is 1. The summed E-state index contributed by atoms with van der Waals surface area (Å²) >= 11 is 0. The first-order valence-electron chi connectivity index (χ1n) is 1.13. The first-order chi connectivity index (χ1) is 2.41. The Balaban J connectivity index is 2.92. The Morgan fingerprint density at radius 3 is 2.40 bits per heavy atom. The van der Waals surface area contributed by atoms with E-state index in [1.54, 1.807) is 0 Å². The van der Waals surface area contributed by atoms with Crippen molar-refractivity contribution < 1.29 is 4.39 Å². The molecule has 5 heavy (non-hydrogen) atoms. The van der Waals surface area contributed by atoms with Crippen molar-refractivity contribution in [2.45, 2.75) is 0 Å². The van der Waals surface area contributed by atoms with E-state index in [1.807, 2.05) is 0 Å². The molecule has 0 saturated heterocycles. The minimum absolute atomic E-state index is 0.326. The molecule has 0 fully saturated rings. The second-order valence-corrected chi connectivity index (χ2v) is 0.458. The molecular weight excluding hydrogens is 69.0 g/mol. The van der Waals surface area contributed by atoms with Gasteiger partial charge in [0.2, 0.25) is 0 Å². The van der Waals surface area contributed by atoms with Crippen LogP contribution in [0, 0.1) is 0 Å². The predicted molar refractivity (Wildman–Crippen MR) is 19.8 cm³/mol. The van der Waals surface area contributed by atoms with Gasteiger partial charge in [-0.25, -0.2) is 4.39 Å². The third-order valence-electron chi connectivity index (χ3n) is 0.162. The van der Waals surface area contributed by atoms with Crippen molar-refractivity contribution in [2.24, 2.45) is 4.99 Å². The van der Waals surface area contributed by atoms with Crippen molar-refractivity contribution in [2.75, 3.05) is 0 Å². The highest BCUT2D eigenvalue weighted by Gasteiger charge is 1.45. The molecule has 0 aromatic rings. The third-order valence-corrected chi connectivity index (χ3v) is 0.162. The van der Waals surface area contributed by atoms with Gasteiger partial charge in [0.25, 0.3) is 0 Å². The Kier molecular flexibility index (Phi) is 2.90. The van der Waals surface area contributed by atoms with Crippen molar-refractivity contribution in [3.63, 3.8) is 0 Å². The van der Waals surface area contributed by atoms with Crippen LogP contribution in [0.4, 0.5) is 4.39 Å². The zero-order chi connectivity index (χ0) is 4.12. The van der Waals surface area contributed by atoms with Crippen LogP contribution in [0.5, 0.6) is 0 Å². The first-order valence-corrected chi connectivity index (χ1v) is 1.13. The summed E-state index contributed by atoms with van der Waals surface area (Å²) in [5, 5.41) is 0. The molecule has 0 aliphatic rings. The van der Waals surface area contributed by atoms with Gasteiger partial charge in [0.15, 0.2) is 0 Å². The van der Waals surface area contributed by atoms with Crippen LogP contribution in [0.25, 0.3) is 0 Å². The van der Waals surface area contributed by atoms with Gasteiger partial charge in [-0.3, -0.25) is 4.99 Å². The van der Waals surface area contributed by atoms with Gasteiger partial charge in [0, 0.05) is 0 Å². The van der Waals surface area contributed by atoms with E-state index in [2.05, 4.69) is 11.7 Å². The maximum atomic E-state index is 10.7. The molecule has 0 aliphatic heterocycles. The van der Waals surface area contributed by atoms with Gasteiger partial charge in [0.05, 0.1) is 6.20 Å². The number of hydrogen-bond acceptors (Lipinski definition) is 1. The van der Waals surface area contributed by atoms with E-state index in [9.17, 15) is 4.39 Å². The van der Waals surface area contributed by atoms with E-state index in [0.29, 0.717) is 6.33 Å². The molecule has 0 aromatic carbocycles. The van der Waals surface area contributed by atoms with Gasteiger partial charge in [-0.15, -0.1) is 0 Å². The number of nitrogens with zero attached hydrogens (tertiary/aromatic N) is 1. The van der Waals surface area contributed by atoms with Gasteiger partial charge in [0.1, 0.15) is 6.33 Å². The molecular formula is C3H4FN. The summed E-state index contributed by atoms with van der Waals surface area (Å²) in [6.45, 7) is 2.97. The molecule has 28 valence electrons. The highest BCUT2D eigenvalue weighted by atomic mass is 19.1. The van der Waals surface area contributed by atoms with E-state index in [4.69, 9.17) is 0 Å². The SMILES string of the molecule is C=N/C=C/F. The topological polar surface area (TPSA) is 12.4 Å². The number of hydrogen-bond donors (Lipinski definition) is 0. The Bertz CT molecular complexity index is 48.9. The summed E-state index contributed by atoms with van der Waals surface area (Å²) in [5.41, 5.74) is 0. The predicted octanol–water partition coefficient (Wildman–Crippen LogP) is 1.13. The molecule has 0 saturated carbocycles. The van der Waals surface area contributed by atoms with E-state index in [1.165, 1.54) is 0 Å². The van der Waals surface area contributed by atoms with Gasteiger partial charge in [-0.2, -0.15) is 0 Å². The lowest BCUT2D eigenvalue weighted by Crippen LogP contribution is -1.34. The monoisotopic (exact) mass is 73.0 g/mol. The lowest BCUT2D eigenvalue weighted by molar-refractivity contribution is 0.718. The summed E-state index contributed by atoms with van der Waals surface area (Å²) in [5.74, 6) is 0. The Morgan fingerprint density at radius 2 is 2.40 bits per heavy atom. The summed E-state index contributed by atoms with van der Waals surface area (Å²) in [6.07, 6.45) is 1.30. The molecule has 0 atom stereocenters. The molecule has 2 heteroatoms. The van der Waals surface area contributed by atoms with Crippen molar-refractivity contribution >= 4 is 6.72 Å². The van der Waals surface area contributed by atoms with Crippen molar-refractivity contribution in [3.8, 4) is 0 Å². The van der Waals surface area contributed by atoms with Crippen LogP contribution in [0.2, 0.25) is 0 Å². The lowest BCUT2D eigenvalue weighted by atomic mass is 11.0. The molecule has 0 bridgehead atoms. The fraction of sp³-hybridized carbons (Fsp3) is 0. The van der Waals surface area contributed by atoms with Gasteiger partial charge in [-0.1, -0.05) is 0 Å². The van der Waals surface area contributed by atoms with E-state index in [0.717, 1.165) is 6.20 Å². The van der Waals surface area contributed by atoms with Crippen molar-refractivity contribution in [3.05, 3.63) is 12.5 Å². The average Bonchev–Trinajstić information content (AvgIpc) is 1.41. The van der Waals surface area contributed by atoms with Gasteiger partial charge >= 0.3 is 0 Å². The van der Waals surface area contributed by atoms with Crippen LogP contribution >= 0.6 is 0 Å². The van der Waals surface area contributed by atoms with Gasteiger partial charge < -0.3 is 0 Å². The van der Waals surface area contributed by atoms with Crippen LogP contribution in [-0.2, 0) is 0 Å². The Labute approximate surface area is 29.8 Å².